The highest BCUT2D eigenvalue weighted by atomic mass is 16.6. The Bertz CT molecular complexity index is 504. The van der Waals surface area contributed by atoms with Crippen molar-refractivity contribution in [3.8, 4) is 5.88 Å². The summed E-state index contributed by atoms with van der Waals surface area (Å²) in [5, 5.41) is 15.5. The van der Waals surface area contributed by atoms with Gasteiger partial charge >= 0.3 is 5.69 Å². The van der Waals surface area contributed by atoms with Crippen LogP contribution in [0.2, 0.25) is 0 Å². The molecule has 2 N–H and O–H groups in total. The number of aromatic nitrogens is 2. The van der Waals surface area contributed by atoms with Crippen molar-refractivity contribution in [3.63, 3.8) is 0 Å². The van der Waals surface area contributed by atoms with Gasteiger partial charge in [-0.05, 0) is 12.8 Å². The quantitative estimate of drug-likeness (QED) is 0.659. The highest BCUT2D eigenvalue weighted by Gasteiger charge is 2.34. The van der Waals surface area contributed by atoms with Crippen LogP contribution in [0, 0.1) is 10.1 Å². The SMILES string of the molecule is CC(C)c1nn(C)c(OCC2(N)CCCC2)c1[N+](=O)[O-]. The van der Waals surface area contributed by atoms with Crippen LogP contribution >= 0.6 is 0 Å². The Labute approximate surface area is 118 Å². The summed E-state index contributed by atoms with van der Waals surface area (Å²) in [6, 6.07) is 0. The first-order valence-corrected chi connectivity index (χ1v) is 6.97. The maximum Gasteiger partial charge on any atom is 0.353 e. The molecular formula is C13H22N4O3. The second-order valence-corrected chi connectivity index (χ2v) is 5.93. The molecule has 0 amide bonds. The predicted octanol–water partition coefficient (Wildman–Crippen LogP) is 2.10. The van der Waals surface area contributed by atoms with Crippen molar-refractivity contribution >= 4 is 5.69 Å². The Morgan fingerprint density at radius 1 is 1.50 bits per heavy atom. The van der Waals surface area contributed by atoms with Gasteiger partial charge in [0.1, 0.15) is 12.3 Å². The fourth-order valence-corrected chi connectivity index (χ4v) is 2.68. The standard InChI is InChI=1S/C13H22N4O3/c1-9(2)10-11(17(18)19)12(16(3)15-10)20-8-13(14)6-4-5-7-13/h9H,4-8,14H2,1-3H3. The molecule has 1 heterocycles. The Hall–Kier alpha value is -1.63. The van der Waals surface area contributed by atoms with Crippen LogP contribution in [-0.2, 0) is 7.05 Å². The van der Waals surface area contributed by atoms with Crippen LogP contribution in [0.25, 0.3) is 0 Å². The minimum Gasteiger partial charge on any atom is -0.471 e. The molecule has 0 unspecified atom stereocenters. The van der Waals surface area contributed by atoms with E-state index in [1.165, 1.54) is 4.68 Å². The molecule has 1 aliphatic carbocycles. The molecule has 0 atom stereocenters. The van der Waals surface area contributed by atoms with Crippen molar-refractivity contribution in [2.24, 2.45) is 12.8 Å². The highest BCUT2D eigenvalue weighted by molar-refractivity contribution is 5.47. The Morgan fingerprint density at radius 3 is 2.60 bits per heavy atom. The van der Waals surface area contributed by atoms with Crippen LogP contribution in [0.15, 0.2) is 0 Å². The second kappa shape index (κ2) is 5.40. The molecule has 7 heteroatoms. The van der Waals surface area contributed by atoms with E-state index in [4.69, 9.17) is 10.5 Å². The third-order valence-electron chi connectivity index (χ3n) is 3.82. The minimum absolute atomic E-state index is 0.0303. The third-order valence-corrected chi connectivity index (χ3v) is 3.82. The number of hydrogen-bond acceptors (Lipinski definition) is 5. The number of rotatable bonds is 5. The topological polar surface area (TPSA) is 96.2 Å². The molecular weight excluding hydrogens is 260 g/mol. The number of hydrogen-bond donors (Lipinski definition) is 1. The third kappa shape index (κ3) is 2.77. The van der Waals surface area contributed by atoms with Crippen molar-refractivity contribution in [3.05, 3.63) is 15.8 Å². The molecule has 112 valence electrons. The smallest absolute Gasteiger partial charge is 0.353 e. The van der Waals surface area contributed by atoms with E-state index < -0.39 is 4.92 Å². The lowest BCUT2D eigenvalue weighted by Crippen LogP contribution is -2.42. The Morgan fingerprint density at radius 2 is 2.10 bits per heavy atom. The summed E-state index contributed by atoms with van der Waals surface area (Å²) in [5.74, 6) is 0.174. The van der Waals surface area contributed by atoms with Gasteiger partial charge in [0.05, 0.1) is 10.5 Å². The summed E-state index contributed by atoms with van der Waals surface area (Å²) in [6.07, 6.45) is 3.97. The maximum atomic E-state index is 11.3. The highest BCUT2D eigenvalue weighted by Crippen LogP contribution is 2.36. The molecule has 7 nitrogen and oxygen atoms in total. The molecule has 0 radical (unpaired) electrons. The number of nitro groups is 1. The van der Waals surface area contributed by atoms with Gasteiger partial charge < -0.3 is 10.5 Å². The van der Waals surface area contributed by atoms with Gasteiger partial charge in [-0.25, -0.2) is 4.68 Å². The minimum atomic E-state index is -0.421. The van der Waals surface area contributed by atoms with Crippen LogP contribution < -0.4 is 10.5 Å². The summed E-state index contributed by atoms with van der Waals surface area (Å²) in [4.78, 5) is 10.9. The molecule has 0 spiro atoms. The molecule has 0 aromatic carbocycles. The maximum absolute atomic E-state index is 11.3. The lowest BCUT2D eigenvalue weighted by molar-refractivity contribution is -0.386. The van der Waals surface area contributed by atoms with Crippen molar-refractivity contribution < 1.29 is 9.66 Å². The number of nitrogens with zero attached hydrogens (tertiary/aromatic N) is 3. The largest absolute Gasteiger partial charge is 0.471 e. The average Bonchev–Trinajstić information content (AvgIpc) is 2.91. The van der Waals surface area contributed by atoms with Crippen molar-refractivity contribution in [2.45, 2.75) is 51.0 Å². The van der Waals surface area contributed by atoms with Crippen molar-refractivity contribution in [1.82, 2.24) is 9.78 Å². The summed E-state index contributed by atoms with van der Waals surface area (Å²) in [6.45, 7) is 4.05. The van der Waals surface area contributed by atoms with Gasteiger partial charge in [-0.3, -0.25) is 10.1 Å². The summed E-state index contributed by atoms with van der Waals surface area (Å²) >= 11 is 0. The molecule has 1 aromatic rings. The van der Waals surface area contributed by atoms with Crippen LogP contribution in [0.5, 0.6) is 5.88 Å². The van der Waals surface area contributed by atoms with Gasteiger partial charge in [0, 0.05) is 13.0 Å². The zero-order valence-electron chi connectivity index (χ0n) is 12.3. The fraction of sp³-hybridized carbons (Fsp3) is 0.769. The lowest BCUT2D eigenvalue weighted by Gasteiger charge is -2.23. The van der Waals surface area contributed by atoms with Gasteiger partial charge in [-0.1, -0.05) is 26.7 Å². The van der Waals surface area contributed by atoms with Crippen LogP contribution in [0.1, 0.15) is 51.1 Å². The van der Waals surface area contributed by atoms with Gasteiger partial charge in [-0.15, -0.1) is 0 Å². The van der Waals surface area contributed by atoms with Crippen molar-refractivity contribution in [2.75, 3.05) is 6.61 Å². The molecule has 20 heavy (non-hydrogen) atoms. The van der Waals surface area contributed by atoms with E-state index in [0.29, 0.717) is 12.3 Å². The monoisotopic (exact) mass is 282 g/mol. The second-order valence-electron chi connectivity index (χ2n) is 5.93. The Kier molecular flexibility index (Phi) is 3.99. The van der Waals surface area contributed by atoms with Crippen LogP contribution in [0.4, 0.5) is 5.69 Å². The molecule has 1 aliphatic rings. The molecule has 1 fully saturated rings. The Balaban J connectivity index is 2.24. The first-order chi connectivity index (χ1) is 9.34. The number of nitrogens with two attached hydrogens (primary N) is 1. The first-order valence-electron chi connectivity index (χ1n) is 6.97. The predicted molar refractivity (Wildman–Crippen MR) is 74.8 cm³/mol. The van der Waals surface area contributed by atoms with E-state index in [1.807, 2.05) is 13.8 Å². The molecule has 0 saturated heterocycles. The van der Waals surface area contributed by atoms with Crippen LogP contribution in [0.3, 0.4) is 0 Å². The molecule has 1 aromatic heterocycles. The fourth-order valence-electron chi connectivity index (χ4n) is 2.68. The van der Waals surface area contributed by atoms with E-state index in [9.17, 15) is 10.1 Å². The molecule has 0 bridgehead atoms. The summed E-state index contributed by atoms with van der Waals surface area (Å²) in [7, 11) is 1.66. The van der Waals surface area contributed by atoms with E-state index in [-0.39, 0.29) is 23.0 Å². The normalized spacial score (nSPS) is 17.6. The van der Waals surface area contributed by atoms with Gasteiger partial charge in [-0.2, -0.15) is 5.10 Å². The van der Waals surface area contributed by atoms with E-state index in [1.54, 1.807) is 7.05 Å². The zero-order chi connectivity index (χ0) is 14.9. The van der Waals surface area contributed by atoms with Gasteiger partial charge in [0.15, 0.2) is 0 Å². The number of ether oxygens (including phenoxy) is 1. The molecule has 2 rings (SSSR count). The summed E-state index contributed by atoms with van der Waals surface area (Å²) < 4.78 is 7.12. The van der Waals surface area contributed by atoms with E-state index >= 15 is 0 Å². The first kappa shape index (κ1) is 14.8. The average molecular weight is 282 g/mol. The van der Waals surface area contributed by atoms with Crippen LogP contribution in [-0.4, -0.2) is 26.8 Å². The van der Waals surface area contributed by atoms with E-state index in [0.717, 1.165) is 25.7 Å². The van der Waals surface area contributed by atoms with E-state index in [2.05, 4.69) is 5.10 Å². The zero-order valence-corrected chi connectivity index (χ0v) is 12.3. The summed E-state index contributed by atoms with van der Waals surface area (Å²) in [5.41, 5.74) is 6.27. The lowest BCUT2D eigenvalue weighted by atomic mass is 10.0. The van der Waals surface area contributed by atoms with Gasteiger partial charge in [0.25, 0.3) is 5.88 Å². The molecule has 0 aliphatic heterocycles. The van der Waals surface area contributed by atoms with Gasteiger partial charge in [0.2, 0.25) is 0 Å². The van der Waals surface area contributed by atoms with Crippen molar-refractivity contribution in [1.29, 1.82) is 0 Å². The number of aryl methyl sites for hydroxylation is 1. The molecule has 1 saturated carbocycles.